The Balaban J connectivity index is 1.62. The molecule has 5 aliphatic rings. The third-order valence-corrected chi connectivity index (χ3v) is 9.79. The van der Waals surface area contributed by atoms with Crippen LogP contribution in [-0.2, 0) is 23.9 Å². The van der Waals surface area contributed by atoms with Gasteiger partial charge in [-0.15, -0.1) is 0 Å². The molecule has 1 N–H and O–H groups in total. The number of hydrogen-bond donors (Lipinski definition) is 1. The van der Waals surface area contributed by atoms with E-state index in [2.05, 4.69) is 13.8 Å². The maximum Gasteiger partial charge on any atom is 0.309 e. The van der Waals surface area contributed by atoms with Crippen molar-refractivity contribution in [1.29, 1.82) is 0 Å². The highest BCUT2D eigenvalue weighted by Gasteiger charge is 2.71. The number of carbonyl (C=O) groups excluding carboxylic acids is 3. The molecule has 2 unspecified atom stereocenters. The van der Waals surface area contributed by atoms with Crippen molar-refractivity contribution >= 4 is 17.7 Å². The number of fused-ring (bicyclic) bond motifs is 6. The first-order chi connectivity index (χ1) is 14.1. The molecule has 6 nitrogen and oxygen atoms in total. The summed E-state index contributed by atoms with van der Waals surface area (Å²) in [5, 5.41) is 11.6. The van der Waals surface area contributed by atoms with E-state index in [0.29, 0.717) is 38.5 Å². The minimum absolute atomic E-state index is 0.0415. The van der Waals surface area contributed by atoms with E-state index in [0.717, 1.165) is 18.4 Å². The Bertz CT molecular complexity index is 847. The van der Waals surface area contributed by atoms with E-state index in [-0.39, 0.29) is 52.2 Å². The van der Waals surface area contributed by atoms with Crippen molar-refractivity contribution in [2.45, 2.75) is 76.9 Å². The zero-order chi connectivity index (χ0) is 21.5. The van der Waals surface area contributed by atoms with Crippen LogP contribution in [0.25, 0.3) is 0 Å². The van der Waals surface area contributed by atoms with Crippen LogP contribution in [0, 0.1) is 34.5 Å². The van der Waals surface area contributed by atoms with E-state index in [4.69, 9.17) is 9.47 Å². The maximum absolute atomic E-state index is 12.9. The smallest absolute Gasteiger partial charge is 0.309 e. The van der Waals surface area contributed by atoms with Crippen LogP contribution in [0.2, 0.25) is 0 Å². The summed E-state index contributed by atoms with van der Waals surface area (Å²) in [7, 11) is 1.42. The third-order valence-electron chi connectivity index (χ3n) is 9.79. The van der Waals surface area contributed by atoms with Gasteiger partial charge in [-0.05, 0) is 67.8 Å². The molecule has 8 atom stereocenters. The minimum atomic E-state index is -0.611. The number of aliphatic hydroxyl groups is 1. The first-order valence-electron chi connectivity index (χ1n) is 11.4. The molecule has 0 radical (unpaired) electrons. The lowest BCUT2D eigenvalue weighted by atomic mass is 9.43. The van der Waals surface area contributed by atoms with E-state index in [1.165, 1.54) is 7.11 Å². The van der Waals surface area contributed by atoms with E-state index in [1.54, 1.807) is 6.08 Å². The number of esters is 2. The highest BCUT2D eigenvalue weighted by atomic mass is 16.6. The van der Waals surface area contributed by atoms with Gasteiger partial charge in [-0.25, -0.2) is 0 Å². The van der Waals surface area contributed by atoms with Crippen LogP contribution in [0.4, 0.5) is 0 Å². The van der Waals surface area contributed by atoms with Crippen LogP contribution >= 0.6 is 0 Å². The first-order valence-corrected chi connectivity index (χ1v) is 11.4. The Labute approximate surface area is 177 Å². The number of ether oxygens (including phenoxy) is 2. The molecule has 4 fully saturated rings. The predicted molar refractivity (Wildman–Crippen MR) is 107 cm³/mol. The van der Waals surface area contributed by atoms with Crippen molar-refractivity contribution < 1.29 is 29.0 Å². The zero-order valence-corrected chi connectivity index (χ0v) is 18.1. The number of ketones is 1. The molecule has 3 saturated carbocycles. The highest BCUT2D eigenvalue weighted by Crippen LogP contribution is 2.70. The molecule has 0 amide bonds. The molecular weight excluding hydrogens is 384 g/mol. The fourth-order valence-electron chi connectivity index (χ4n) is 8.35. The van der Waals surface area contributed by atoms with E-state index >= 15 is 0 Å². The Morgan fingerprint density at radius 3 is 2.63 bits per heavy atom. The normalized spacial score (nSPS) is 49.7. The fourth-order valence-corrected chi connectivity index (χ4v) is 8.35. The number of aliphatic hydroxyl groups excluding tert-OH is 1. The van der Waals surface area contributed by atoms with E-state index < -0.39 is 11.7 Å². The van der Waals surface area contributed by atoms with Crippen molar-refractivity contribution in [2.24, 2.45) is 34.5 Å². The summed E-state index contributed by atoms with van der Waals surface area (Å²) in [6.07, 6.45) is 6.21. The summed E-state index contributed by atoms with van der Waals surface area (Å²) in [5.74, 6) is -0.636. The molecular formula is C24H32O6. The topological polar surface area (TPSA) is 89.9 Å². The van der Waals surface area contributed by atoms with Crippen LogP contribution in [0.3, 0.4) is 0 Å². The minimum Gasteiger partial charge on any atom is -0.469 e. The second-order valence-electron chi connectivity index (χ2n) is 10.8. The Morgan fingerprint density at radius 2 is 1.97 bits per heavy atom. The monoisotopic (exact) mass is 416 g/mol. The van der Waals surface area contributed by atoms with Gasteiger partial charge in [0.2, 0.25) is 0 Å². The molecule has 6 heteroatoms. The molecule has 0 aromatic heterocycles. The lowest BCUT2D eigenvalue weighted by Gasteiger charge is -2.62. The van der Waals surface area contributed by atoms with Gasteiger partial charge in [0, 0.05) is 18.3 Å². The molecule has 1 heterocycles. The quantitative estimate of drug-likeness (QED) is 0.661. The summed E-state index contributed by atoms with van der Waals surface area (Å²) in [6, 6.07) is 0. The molecule has 0 aromatic rings. The van der Waals surface area contributed by atoms with Crippen LogP contribution in [0.15, 0.2) is 11.6 Å². The molecule has 5 rings (SSSR count). The van der Waals surface area contributed by atoms with Crippen molar-refractivity contribution in [3.05, 3.63) is 11.6 Å². The fraction of sp³-hybridized carbons (Fsp3) is 0.792. The number of hydrogen-bond acceptors (Lipinski definition) is 6. The van der Waals surface area contributed by atoms with Crippen molar-refractivity contribution in [1.82, 2.24) is 0 Å². The summed E-state index contributed by atoms with van der Waals surface area (Å²) in [4.78, 5) is 37.2. The van der Waals surface area contributed by atoms with Gasteiger partial charge in [0.1, 0.15) is 5.60 Å². The van der Waals surface area contributed by atoms with Gasteiger partial charge in [-0.3, -0.25) is 14.4 Å². The van der Waals surface area contributed by atoms with Gasteiger partial charge in [-0.1, -0.05) is 19.4 Å². The lowest BCUT2D eigenvalue weighted by molar-refractivity contribution is -0.197. The molecule has 30 heavy (non-hydrogen) atoms. The lowest BCUT2D eigenvalue weighted by Crippen LogP contribution is -2.62. The van der Waals surface area contributed by atoms with Crippen LogP contribution in [0.5, 0.6) is 0 Å². The zero-order valence-electron chi connectivity index (χ0n) is 18.1. The number of allylic oxidation sites excluding steroid dienone is 1. The van der Waals surface area contributed by atoms with E-state index in [9.17, 15) is 19.5 Å². The molecule has 0 bridgehead atoms. The van der Waals surface area contributed by atoms with Gasteiger partial charge in [0.05, 0.1) is 19.1 Å². The van der Waals surface area contributed by atoms with Gasteiger partial charge >= 0.3 is 11.9 Å². The second-order valence-corrected chi connectivity index (χ2v) is 10.8. The van der Waals surface area contributed by atoms with Gasteiger partial charge in [0.25, 0.3) is 0 Å². The summed E-state index contributed by atoms with van der Waals surface area (Å²) in [6.45, 7) is 4.33. The SMILES string of the molecule is COC(=O)C1CC2=CC(=O)CC[C@@]2(C)[C@@H]2C1[C@@H]1CC[C@]3(CCC(=O)O3)[C@]1(C)C[C@H]2O. The molecule has 1 spiro atoms. The Hall–Kier alpha value is -1.69. The van der Waals surface area contributed by atoms with Gasteiger partial charge < -0.3 is 14.6 Å². The van der Waals surface area contributed by atoms with Crippen LogP contribution < -0.4 is 0 Å². The molecule has 164 valence electrons. The van der Waals surface area contributed by atoms with Gasteiger partial charge in [-0.2, -0.15) is 0 Å². The van der Waals surface area contributed by atoms with Crippen molar-refractivity contribution in [3.8, 4) is 0 Å². The molecule has 0 aromatic carbocycles. The molecule has 1 saturated heterocycles. The summed E-state index contributed by atoms with van der Waals surface area (Å²) >= 11 is 0. The Morgan fingerprint density at radius 1 is 1.20 bits per heavy atom. The van der Waals surface area contributed by atoms with Crippen molar-refractivity contribution in [3.63, 3.8) is 0 Å². The molecule has 4 aliphatic carbocycles. The summed E-state index contributed by atoms with van der Waals surface area (Å²) < 4.78 is 11.2. The van der Waals surface area contributed by atoms with Crippen LogP contribution in [0.1, 0.15) is 65.2 Å². The van der Waals surface area contributed by atoms with Gasteiger partial charge in [0.15, 0.2) is 5.78 Å². The predicted octanol–water partition coefficient (Wildman–Crippen LogP) is 2.96. The van der Waals surface area contributed by atoms with Crippen molar-refractivity contribution in [2.75, 3.05) is 7.11 Å². The number of methoxy groups -OCH3 is 1. The number of carbonyl (C=O) groups is 3. The average Bonchev–Trinajstić information content (AvgIpc) is 3.21. The molecule has 1 aliphatic heterocycles. The first kappa shape index (κ1) is 20.2. The standard InChI is InChI=1S/C24H32O6/c1-22-7-4-14(25)10-13(22)11-15(21(28)29-3)19-16-5-8-24(9-6-18(27)30-24)23(16,2)12-17(26)20(19)22/h10,15-17,19-20,26H,4-9,11-12H2,1-3H3/t15?,16-,17+,19?,20-,22+,23+,24-/m0/s1. The largest absolute Gasteiger partial charge is 0.469 e. The van der Waals surface area contributed by atoms with E-state index in [1.807, 2.05) is 0 Å². The highest BCUT2D eigenvalue weighted by molar-refractivity contribution is 5.92. The second kappa shape index (κ2) is 6.41. The summed E-state index contributed by atoms with van der Waals surface area (Å²) in [5.41, 5.74) is -0.168. The van der Waals surface area contributed by atoms with Crippen LogP contribution in [-0.4, -0.2) is 41.6 Å². The average molecular weight is 417 g/mol. The Kier molecular flexibility index (Phi) is 4.32. The third kappa shape index (κ3) is 2.43. The maximum atomic E-state index is 12.9. The number of rotatable bonds is 1.